The molecule has 1 unspecified atom stereocenters. The number of halogens is 1. The lowest BCUT2D eigenvalue weighted by Gasteiger charge is -2.13. The zero-order valence-electron chi connectivity index (χ0n) is 9.68. The summed E-state index contributed by atoms with van der Waals surface area (Å²) in [6.07, 6.45) is 0.532. The Morgan fingerprint density at radius 1 is 1.41 bits per heavy atom. The molecule has 0 amide bonds. The minimum Gasteiger partial charge on any atom is -0.384 e. The van der Waals surface area contributed by atoms with Crippen molar-refractivity contribution in [3.05, 3.63) is 46.9 Å². The molecule has 4 nitrogen and oxygen atoms in total. The molecule has 1 aromatic heterocycles. The van der Waals surface area contributed by atoms with Crippen molar-refractivity contribution in [3.8, 4) is 0 Å². The molecule has 0 bridgehead atoms. The van der Waals surface area contributed by atoms with Crippen LogP contribution in [0, 0.1) is 12.7 Å². The van der Waals surface area contributed by atoms with Crippen LogP contribution >= 0.6 is 0 Å². The Kier molecular flexibility index (Phi) is 2.85. The minimum absolute atomic E-state index is 0.376. The Labute approximate surface area is 98.5 Å². The summed E-state index contributed by atoms with van der Waals surface area (Å²) in [5, 5.41) is 14.1. The monoisotopic (exact) mass is 235 g/mol. The molecule has 0 saturated carbocycles. The molecule has 0 spiro atoms. The number of nitrogen functional groups attached to an aromatic ring is 1. The quantitative estimate of drug-likeness (QED) is 0.829. The lowest BCUT2D eigenvalue weighted by atomic mass is 9.99. The highest BCUT2D eigenvalue weighted by Crippen LogP contribution is 2.28. The fourth-order valence-corrected chi connectivity index (χ4v) is 1.75. The van der Waals surface area contributed by atoms with Crippen molar-refractivity contribution in [2.24, 2.45) is 7.05 Å². The number of anilines is 1. The van der Waals surface area contributed by atoms with Gasteiger partial charge >= 0.3 is 0 Å². The molecular formula is C12H14FN3O. The van der Waals surface area contributed by atoms with Gasteiger partial charge in [0, 0.05) is 12.6 Å². The Morgan fingerprint density at radius 3 is 2.71 bits per heavy atom. The van der Waals surface area contributed by atoms with Crippen LogP contribution in [0.3, 0.4) is 0 Å². The lowest BCUT2D eigenvalue weighted by molar-refractivity contribution is 0.219. The van der Waals surface area contributed by atoms with E-state index in [0.717, 1.165) is 5.56 Å². The van der Waals surface area contributed by atoms with E-state index in [-0.39, 0.29) is 5.82 Å². The Bertz CT molecular complexity index is 551. The van der Waals surface area contributed by atoms with Crippen LogP contribution in [0.15, 0.2) is 24.4 Å². The molecule has 0 aliphatic heterocycles. The average molecular weight is 235 g/mol. The van der Waals surface area contributed by atoms with Gasteiger partial charge in [-0.3, -0.25) is 4.68 Å². The number of aromatic nitrogens is 2. The predicted octanol–water partition coefficient (Wildman–Crippen LogP) is 1.53. The first-order chi connectivity index (χ1) is 8.00. The van der Waals surface area contributed by atoms with Crippen molar-refractivity contribution >= 4 is 5.82 Å². The van der Waals surface area contributed by atoms with Crippen LogP contribution in [0.25, 0.3) is 0 Å². The summed E-state index contributed by atoms with van der Waals surface area (Å²) >= 11 is 0. The molecule has 2 rings (SSSR count). The minimum atomic E-state index is -0.959. The number of aliphatic hydroxyl groups excluding tert-OH is 1. The van der Waals surface area contributed by atoms with E-state index in [1.54, 1.807) is 13.1 Å². The normalized spacial score (nSPS) is 12.7. The van der Waals surface area contributed by atoms with Crippen molar-refractivity contribution in [3.63, 3.8) is 0 Å². The van der Waals surface area contributed by atoms with Gasteiger partial charge in [0.15, 0.2) is 0 Å². The maximum atomic E-state index is 13.2. The second-order valence-corrected chi connectivity index (χ2v) is 4.01. The van der Waals surface area contributed by atoms with Crippen LogP contribution in [0.2, 0.25) is 0 Å². The molecule has 0 radical (unpaired) electrons. The standard InChI is InChI=1S/C12H14FN3O/c1-7-3-4-8(13)5-9(7)11(17)10-6-15-16(2)12(10)14/h3-6,11,17H,14H2,1-2H3. The van der Waals surface area contributed by atoms with Gasteiger partial charge in [0.25, 0.3) is 0 Å². The molecule has 5 heteroatoms. The first-order valence-electron chi connectivity index (χ1n) is 5.22. The second-order valence-electron chi connectivity index (χ2n) is 4.01. The van der Waals surface area contributed by atoms with E-state index in [4.69, 9.17) is 5.73 Å². The third-order valence-electron chi connectivity index (χ3n) is 2.84. The third kappa shape index (κ3) is 2.01. The van der Waals surface area contributed by atoms with Gasteiger partial charge < -0.3 is 10.8 Å². The number of hydrogen-bond acceptors (Lipinski definition) is 3. The summed E-state index contributed by atoms with van der Waals surface area (Å²) < 4.78 is 14.6. The molecular weight excluding hydrogens is 221 g/mol. The van der Waals surface area contributed by atoms with Crippen molar-refractivity contribution in [2.75, 3.05) is 5.73 Å². The number of nitrogens with zero attached hydrogens (tertiary/aromatic N) is 2. The van der Waals surface area contributed by atoms with Gasteiger partial charge in [0.1, 0.15) is 17.7 Å². The lowest BCUT2D eigenvalue weighted by Crippen LogP contribution is -2.06. The van der Waals surface area contributed by atoms with Crippen molar-refractivity contribution in [2.45, 2.75) is 13.0 Å². The summed E-state index contributed by atoms with van der Waals surface area (Å²) in [4.78, 5) is 0. The molecule has 17 heavy (non-hydrogen) atoms. The number of nitrogens with two attached hydrogens (primary N) is 1. The van der Waals surface area contributed by atoms with Gasteiger partial charge in [-0.1, -0.05) is 6.07 Å². The second kappa shape index (κ2) is 4.18. The maximum Gasteiger partial charge on any atom is 0.127 e. The molecule has 0 aliphatic carbocycles. The zero-order valence-corrected chi connectivity index (χ0v) is 9.68. The van der Waals surface area contributed by atoms with Crippen molar-refractivity contribution in [1.82, 2.24) is 9.78 Å². The highest BCUT2D eigenvalue weighted by Gasteiger charge is 2.18. The highest BCUT2D eigenvalue weighted by atomic mass is 19.1. The van der Waals surface area contributed by atoms with E-state index < -0.39 is 6.10 Å². The van der Waals surface area contributed by atoms with E-state index >= 15 is 0 Å². The Hall–Kier alpha value is -1.88. The average Bonchev–Trinajstić information content (AvgIpc) is 2.62. The van der Waals surface area contributed by atoms with Crippen LogP contribution in [-0.2, 0) is 7.05 Å². The van der Waals surface area contributed by atoms with Crippen LogP contribution in [0.1, 0.15) is 22.8 Å². The number of rotatable bonds is 2. The predicted molar refractivity (Wildman–Crippen MR) is 62.8 cm³/mol. The molecule has 0 aliphatic rings. The zero-order chi connectivity index (χ0) is 12.6. The van der Waals surface area contributed by atoms with Crippen molar-refractivity contribution < 1.29 is 9.50 Å². The van der Waals surface area contributed by atoms with Gasteiger partial charge in [-0.05, 0) is 30.2 Å². The first kappa shape index (κ1) is 11.6. The molecule has 1 atom stereocenters. The maximum absolute atomic E-state index is 13.2. The Morgan fingerprint density at radius 2 is 2.12 bits per heavy atom. The summed E-state index contributed by atoms with van der Waals surface area (Å²) in [5.41, 5.74) is 7.57. The first-order valence-corrected chi connectivity index (χ1v) is 5.22. The highest BCUT2D eigenvalue weighted by molar-refractivity contribution is 5.45. The molecule has 3 N–H and O–H groups in total. The van der Waals surface area contributed by atoms with Gasteiger partial charge in [-0.25, -0.2) is 4.39 Å². The van der Waals surface area contributed by atoms with Gasteiger partial charge in [0.2, 0.25) is 0 Å². The van der Waals surface area contributed by atoms with Crippen molar-refractivity contribution in [1.29, 1.82) is 0 Å². The molecule has 1 heterocycles. The molecule has 0 saturated heterocycles. The van der Waals surface area contributed by atoms with Gasteiger partial charge in [0.05, 0.1) is 6.20 Å². The molecule has 0 fully saturated rings. The number of aryl methyl sites for hydroxylation is 2. The number of hydrogen-bond donors (Lipinski definition) is 2. The summed E-state index contributed by atoms with van der Waals surface area (Å²) in [5.74, 6) is -0.00623. The van der Waals surface area contributed by atoms with E-state index in [0.29, 0.717) is 16.9 Å². The largest absolute Gasteiger partial charge is 0.384 e. The van der Waals surface area contributed by atoms with E-state index in [2.05, 4.69) is 5.10 Å². The topological polar surface area (TPSA) is 64.1 Å². The van der Waals surface area contributed by atoms with Crippen LogP contribution in [-0.4, -0.2) is 14.9 Å². The smallest absolute Gasteiger partial charge is 0.127 e. The van der Waals surface area contributed by atoms with Crippen LogP contribution in [0.5, 0.6) is 0 Å². The molecule has 2 aromatic rings. The fourth-order valence-electron chi connectivity index (χ4n) is 1.75. The summed E-state index contributed by atoms with van der Waals surface area (Å²) in [6.45, 7) is 1.81. The third-order valence-corrected chi connectivity index (χ3v) is 2.84. The number of benzene rings is 1. The SMILES string of the molecule is Cc1ccc(F)cc1C(O)c1cnn(C)c1N. The van der Waals surface area contributed by atoms with Crippen LogP contribution < -0.4 is 5.73 Å². The molecule has 90 valence electrons. The summed E-state index contributed by atoms with van der Waals surface area (Å²) in [7, 11) is 1.68. The molecule has 1 aromatic carbocycles. The van der Waals surface area contributed by atoms with Gasteiger partial charge in [-0.15, -0.1) is 0 Å². The van der Waals surface area contributed by atoms with Crippen LogP contribution in [0.4, 0.5) is 10.2 Å². The van der Waals surface area contributed by atoms with Gasteiger partial charge in [-0.2, -0.15) is 5.10 Å². The number of aliphatic hydroxyl groups is 1. The van der Waals surface area contributed by atoms with E-state index in [9.17, 15) is 9.50 Å². The fraction of sp³-hybridized carbons (Fsp3) is 0.250. The Balaban J connectivity index is 2.47. The summed E-state index contributed by atoms with van der Waals surface area (Å²) in [6, 6.07) is 4.30. The van der Waals surface area contributed by atoms with E-state index in [1.807, 2.05) is 6.92 Å². The van der Waals surface area contributed by atoms with E-state index in [1.165, 1.54) is 23.0 Å².